The lowest BCUT2D eigenvalue weighted by atomic mass is 9.81. The van der Waals surface area contributed by atoms with Gasteiger partial charge in [0.25, 0.3) is 17.4 Å². The van der Waals surface area contributed by atoms with Crippen LogP contribution in [-0.2, 0) is 82.5 Å². The van der Waals surface area contributed by atoms with Crippen molar-refractivity contribution in [3.05, 3.63) is 61.7 Å². The first-order chi connectivity index (χ1) is 32.9. The summed E-state index contributed by atoms with van der Waals surface area (Å²) in [5, 5.41) is 24.1. The minimum atomic E-state index is -2.00. The lowest BCUT2D eigenvalue weighted by molar-refractivity contribution is -0.198. The Hall–Kier alpha value is -6.20. The number of benzene rings is 1. The van der Waals surface area contributed by atoms with Gasteiger partial charge in [-0.3, -0.25) is 34.1 Å². The van der Waals surface area contributed by atoms with Crippen molar-refractivity contribution in [2.45, 2.75) is 116 Å². The fourth-order valence-electron chi connectivity index (χ4n) is 8.99. The van der Waals surface area contributed by atoms with E-state index in [1.807, 2.05) is 0 Å². The smallest absolute Gasteiger partial charge is 0.343 e. The molecule has 0 bridgehead atoms. The quantitative estimate of drug-likeness (QED) is 0.0321. The van der Waals surface area contributed by atoms with Crippen molar-refractivity contribution in [2.24, 2.45) is 5.92 Å². The number of cyclic esters (lactones) is 1. The highest BCUT2D eigenvalue weighted by molar-refractivity contribution is 6.01. The summed E-state index contributed by atoms with van der Waals surface area (Å²) in [4.78, 5) is 110. The van der Waals surface area contributed by atoms with E-state index in [0.29, 0.717) is 40.4 Å². The van der Waals surface area contributed by atoms with E-state index in [1.165, 1.54) is 13.0 Å². The van der Waals surface area contributed by atoms with Crippen LogP contribution in [0.2, 0.25) is 0 Å². The molecule has 1 fully saturated rings. The van der Waals surface area contributed by atoms with Gasteiger partial charge in [0.05, 0.1) is 75.2 Å². The third kappa shape index (κ3) is 10.7. The molecule has 1 unspecified atom stereocenters. The van der Waals surface area contributed by atoms with Crippen molar-refractivity contribution >= 4 is 52.4 Å². The first-order valence-electron chi connectivity index (χ1n) is 23.2. The molecule has 21 nitrogen and oxygen atoms in total. The van der Waals surface area contributed by atoms with Crippen LogP contribution in [0.15, 0.2) is 16.9 Å². The molecule has 3 aromatic rings. The minimum absolute atomic E-state index is 0.00232. The van der Waals surface area contributed by atoms with Crippen molar-refractivity contribution in [1.29, 1.82) is 0 Å². The van der Waals surface area contributed by atoms with Crippen molar-refractivity contribution in [3.8, 4) is 11.4 Å². The third-order valence-corrected chi connectivity index (χ3v) is 12.9. The summed E-state index contributed by atoms with van der Waals surface area (Å²) in [5.41, 5.74) is 2.28. The molecule has 5 heterocycles. The van der Waals surface area contributed by atoms with Crippen LogP contribution in [0.25, 0.3) is 22.3 Å². The fraction of sp³-hybridized carbons (Fsp3) is 0.553. The Bertz CT molecular complexity index is 2600. The lowest BCUT2D eigenvalue weighted by Gasteiger charge is -2.31. The molecule has 7 rings (SSSR count). The van der Waals surface area contributed by atoms with Gasteiger partial charge in [-0.05, 0) is 61.8 Å². The zero-order chi connectivity index (χ0) is 49.7. The molecule has 1 aromatic carbocycles. The van der Waals surface area contributed by atoms with Crippen molar-refractivity contribution in [2.75, 3.05) is 46.3 Å². The number of halogens is 1. The first kappa shape index (κ1) is 50.7. The van der Waals surface area contributed by atoms with Gasteiger partial charge in [0.2, 0.25) is 17.7 Å². The summed E-state index contributed by atoms with van der Waals surface area (Å²) in [6.07, 6.45) is 0.889. The summed E-state index contributed by atoms with van der Waals surface area (Å²) >= 11 is 0. The second kappa shape index (κ2) is 21.6. The number of aromatic nitrogens is 2. The number of nitrogens with one attached hydrogen (secondary N) is 4. The molecule has 0 radical (unpaired) electrons. The van der Waals surface area contributed by atoms with Crippen LogP contribution in [0.3, 0.4) is 0 Å². The van der Waals surface area contributed by atoms with E-state index < -0.39 is 70.5 Å². The van der Waals surface area contributed by atoms with Gasteiger partial charge in [-0.2, -0.15) is 0 Å². The van der Waals surface area contributed by atoms with Gasteiger partial charge >= 0.3 is 11.9 Å². The lowest BCUT2D eigenvalue weighted by Crippen LogP contribution is -2.54. The number of esters is 1. The number of nitrogens with zero attached hydrogens (tertiary/aromatic N) is 3. The van der Waals surface area contributed by atoms with E-state index in [1.54, 1.807) is 38.3 Å². The highest BCUT2D eigenvalue weighted by Gasteiger charge is 2.46. The number of pyridine rings is 2. The Balaban J connectivity index is 0.850. The van der Waals surface area contributed by atoms with E-state index in [-0.39, 0.29) is 115 Å². The molecule has 3 aliphatic heterocycles. The predicted octanol–water partition coefficient (Wildman–Crippen LogP) is 1.26. The van der Waals surface area contributed by atoms with Gasteiger partial charge in [-0.1, -0.05) is 20.8 Å². The molecule has 0 spiro atoms. The summed E-state index contributed by atoms with van der Waals surface area (Å²) in [5.74, 6) is -4.92. The highest BCUT2D eigenvalue weighted by Crippen LogP contribution is 2.46. The van der Waals surface area contributed by atoms with Gasteiger partial charge in [0, 0.05) is 54.4 Å². The first-order valence-corrected chi connectivity index (χ1v) is 23.2. The number of aliphatic hydroxyl groups is 1. The summed E-state index contributed by atoms with van der Waals surface area (Å²) in [7, 11) is 0. The maximum absolute atomic E-state index is 15.3. The number of carbonyl (C=O) groups is 7. The summed E-state index contributed by atoms with van der Waals surface area (Å²) in [6.45, 7) is 8.81. The Morgan fingerprint density at radius 2 is 1.62 bits per heavy atom. The number of hydrogen-bond donors (Lipinski definition) is 5. The number of amides is 5. The monoisotopic (exact) mass is 963 g/mol. The van der Waals surface area contributed by atoms with Crippen LogP contribution in [0, 0.1) is 18.7 Å². The van der Waals surface area contributed by atoms with Crippen molar-refractivity contribution in [3.63, 3.8) is 0 Å². The summed E-state index contributed by atoms with van der Waals surface area (Å²) < 4.78 is 38.7. The average Bonchev–Trinajstić information content (AvgIpc) is 3.85. The van der Waals surface area contributed by atoms with Gasteiger partial charge in [-0.25, -0.2) is 19.0 Å². The van der Waals surface area contributed by atoms with Crippen LogP contribution in [0.5, 0.6) is 0 Å². The van der Waals surface area contributed by atoms with Gasteiger partial charge in [0.1, 0.15) is 24.5 Å². The Labute approximate surface area is 396 Å². The topological polar surface area (TPSA) is 272 Å². The number of imide groups is 1. The van der Waals surface area contributed by atoms with E-state index in [4.69, 9.17) is 28.8 Å². The zero-order valence-electron chi connectivity index (χ0n) is 39.3. The van der Waals surface area contributed by atoms with Crippen LogP contribution < -0.4 is 26.8 Å². The molecular weight excluding hydrogens is 906 g/mol. The number of hydrogen-bond acceptors (Lipinski definition) is 16. The predicted molar refractivity (Wildman–Crippen MR) is 240 cm³/mol. The Morgan fingerprint density at radius 3 is 2.32 bits per heavy atom. The van der Waals surface area contributed by atoms with Crippen LogP contribution in [0.4, 0.5) is 4.39 Å². The Morgan fingerprint density at radius 1 is 0.913 bits per heavy atom. The van der Waals surface area contributed by atoms with Crippen LogP contribution in [0.1, 0.15) is 106 Å². The second-order valence-electron chi connectivity index (χ2n) is 17.7. The van der Waals surface area contributed by atoms with Gasteiger partial charge < -0.3 is 49.4 Å². The van der Waals surface area contributed by atoms with Crippen molar-refractivity contribution < 1.29 is 66.8 Å². The molecule has 372 valence electrons. The van der Waals surface area contributed by atoms with E-state index in [2.05, 4.69) is 21.3 Å². The second-order valence-corrected chi connectivity index (χ2v) is 17.7. The van der Waals surface area contributed by atoms with E-state index in [0.717, 1.165) is 22.1 Å². The SMILES string of the molecule is CC[C@@]1(O)C(=O)OCc2c1cc1n(c2=O)Cc2c-1nc1cc(F)c(C)c3c1c2C(NCOCCNC(=O)[C@@H](C)NC(=O)[C@H](NC(=O)CCOCCOCCC(=O)ON1C(=O)CCC1=O)C(C)C)CC3. The molecule has 1 saturated heterocycles. The molecule has 5 amide bonds. The molecule has 22 heteroatoms. The minimum Gasteiger partial charge on any atom is -0.458 e. The third-order valence-electron chi connectivity index (χ3n) is 12.9. The maximum atomic E-state index is 15.3. The number of rotatable bonds is 22. The standard InChI is InChI=1S/C47H58FN7O14/c1-6-47(64)30-19-34-42-28(21-54(34)45(62)29(30)22-68-46(47)63)40-32(8-7-27-25(4)31(48)20-33(52-42)39(27)40)50-23-67-16-13-49-43(60)26(5)51-44(61)41(24(2)3)53-35(56)11-14-65-17-18-66-15-12-38(59)69-55-36(57)9-10-37(55)58/h19-20,24,26,32,41,50,64H,6-18,21-23H2,1-5H3,(H,49,60)(H,51,61)(H,53,56)/t26-,32?,41-,47+/m1/s1. The van der Waals surface area contributed by atoms with Crippen LogP contribution >= 0.6 is 0 Å². The molecular formula is C47H58FN7O14. The molecule has 1 aliphatic carbocycles. The highest BCUT2D eigenvalue weighted by atomic mass is 19.1. The molecule has 4 atom stereocenters. The van der Waals surface area contributed by atoms with Gasteiger partial charge in [0.15, 0.2) is 5.60 Å². The number of hydroxylamine groups is 2. The van der Waals surface area contributed by atoms with Crippen molar-refractivity contribution in [1.82, 2.24) is 35.9 Å². The number of carbonyl (C=O) groups excluding carboxylic acids is 7. The zero-order valence-corrected chi connectivity index (χ0v) is 39.3. The van der Waals surface area contributed by atoms with Crippen LogP contribution in [-0.4, -0.2) is 120 Å². The maximum Gasteiger partial charge on any atom is 0.343 e. The molecule has 4 aliphatic rings. The number of fused-ring (bicyclic) bond motifs is 5. The normalized spacial score (nSPS) is 18.9. The number of aryl methyl sites for hydroxylation is 1. The molecule has 69 heavy (non-hydrogen) atoms. The largest absolute Gasteiger partial charge is 0.458 e. The molecule has 2 aromatic heterocycles. The number of ether oxygens (including phenoxy) is 4. The average molecular weight is 964 g/mol. The molecule has 0 saturated carbocycles. The van der Waals surface area contributed by atoms with Gasteiger partial charge in [-0.15, -0.1) is 5.06 Å². The fourth-order valence-corrected chi connectivity index (χ4v) is 8.99. The van der Waals surface area contributed by atoms with E-state index in [9.17, 15) is 43.5 Å². The van der Waals surface area contributed by atoms with E-state index >= 15 is 4.39 Å². The summed E-state index contributed by atoms with van der Waals surface area (Å²) in [6, 6.07) is 0.857. The molecule has 5 N–H and O–H groups in total. The Kier molecular flexibility index (Phi) is 15.9.